The quantitative estimate of drug-likeness (QED) is 0.608. The second-order valence-corrected chi connectivity index (χ2v) is 8.82. The van der Waals surface area contributed by atoms with E-state index in [9.17, 15) is 4.79 Å². The Bertz CT molecular complexity index is 1120. The van der Waals surface area contributed by atoms with Crippen molar-refractivity contribution in [2.45, 2.75) is 38.1 Å². The van der Waals surface area contributed by atoms with E-state index in [1.165, 1.54) is 0 Å². The zero-order chi connectivity index (χ0) is 22.0. The molecule has 31 heavy (non-hydrogen) atoms. The number of aromatic nitrogens is 3. The molecule has 0 aliphatic carbocycles. The van der Waals surface area contributed by atoms with Crippen LogP contribution < -0.4 is 10.1 Å². The summed E-state index contributed by atoms with van der Waals surface area (Å²) in [6.45, 7) is 8.37. The fraction of sp³-hybridized carbons (Fsp3) is 0.304. The van der Waals surface area contributed by atoms with Gasteiger partial charge in [0.25, 0.3) is 0 Å². The lowest BCUT2D eigenvalue weighted by Crippen LogP contribution is -2.22. The Morgan fingerprint density at radius 2 is 1.90 bits per heavy atom. The maximum absolute atomic E-state index is 11.9. The molecule has 1 N–H and O–H groups in total. The predicted octanol–water partition coefficient (Wildman–Crippen LogP) is 4.68. The van der Waals surface area contributed by atoms with Crippen molar-refractivity contribution in [2.75, 3.05) is 11.9 Å². The number of nitrogens with one attached hydrogen (secondary N) is 1. The van der Waals surface area contributed by atoms with E-state index in [1.807, 2.05) is 69.3 Å². The van der Waals surface area contributed by atoms with Gasteiger partial charge in [0, 0.05) is 11.6 Å². The molecule has 8 heteroatoms. The van der Waals surface area contributed by atoms with Crippen LogP contribution >= 0.6 is 11.8 Å². The number of rotatable bonds is 6. The summed E-state index contributed by atoms with van der Waals surface area (Å²) in [5, 5.41) is 17.4. The molecule has 0 fully saturated rings. The molecule has 0 unspecified atom stereocenters. The van der Waals surface area contributed by atoms with Crippen LogP contribution in [0.1, 0.15) is 33.3 Å². The first kappa shape index (κ1) is 21.1. The van der Waals surface area contributed by atoms with Crippen LogP contribution in [0.15, 0.2) is 58.8 Å². The van der Waals surface area contributed by atoms with Crippen LogP contribution in [0.5, 0.6) is 5.75 Å². The Morgan fingerprint density at radius 3 is 2.61 bits per heavy atom. The van der Waals surface area contributed by atoms with Gasteiger partial charge in [0.2, 0.25) is 11.1 Å². The minimum absolute atomic E-state index is 0.00147. The zero-order valence-corrected chi connectivity index (χ0v) is 18.8. The fourth-order valence-corrected chi connectivity index (χ4v) is 4.16. The monoisotopic (exact) mass is 435 g/mol. The van der Waals surface area contributed by atoms with Gasteiger partial charge in [-0.2, -0.15) is 9.78 Å². The number of thioether (sulfide) groups is 1. The van der Waals surface area contributed by atoms with Gasteiger partial charge in [0.1, 0.15) is 5.75 Å². The largest absolute Gasteiger partial charge is 0.493 e. The highest BCUT2D eigenvalue weighted by Gasteiger charge is 2.27. The average molecular weight is 436 g/mol. The average Bonchev–Trinajstić information content (AvgIpc) is 3.17. The molecule has 3 aromatic rings. The van der Waals surface area contributed by atoms with Gasteiger partial charge in [-0.05, 0) is 43.7 Å². The number of carbonyl (C=O) groups is 1. The first-order chi connectivity index (χ1) is 15.0. The van der Waals surface area contributed by atoms with Gasteiger partial charge in [-0.3, -0.25) is 4.79 Å². The fourth-order valence-electron chi connectivity index (χ4n) is 3.24. The van der Waals surface area contributed by atoms with Crippen molar-refractivity contribution in [3.63, 3.8) is 0 Å². The molecule has 2 aromatic carbocycles. The van der Waals surface area contributed by atoms with Crippen molar-refractivity contribution in [1.82, 2.24) is 14.9 Å². The number of amides is 1. The number of para-hydroxylation sites is 1. The number of ether oxygens (including phenoxy) is 1. The van der Waals surface area contributed by atoms with Crippen LogP contribution in [0, 0.1) is 5.92 Å². The molecule has 1 aliphatic rings. The molecule has 0 bridgehead atoms. The van der Waals surface area contributed by atoms with Crippen molar-refractivity contribution < 1.29 is 9.53 Å². The van der Waals surface area contributed by atoms with Crippen LogP contribution in [0.25, 0.3) is 11.4 Å². The van der Waals surface area contributed by atoms with E-state index in [2.05, 4.69) is 22.4 Å². The topological polar surface area (TPSA) is 81.4 Å². The van der Waals surface area contributed by atoms with Gasteiger partial charge < -0.3 is 10.1 Å². The third kappa shape index (κ3) is 4.34. The van der Waals surface area contributed by atoms with Crippen LogP contribution in [0.4, 0.5) is 5.69 Å². The summed E-state index contributed by atoms with van der Waals surface area (Å²) in [7, 11) is 0. The Morgan fingerprint density at radius 1 is 1.16 bits per heavy atom. The lowest BCUT2D eigenvalue weighted by atomic mass is 10.1. The van der Waals surface area contributed by atoms with Gasteiger partial charge >= 0.3 is 0 Å². The molecule has 1 amide bonds. The molecule has 0 spiro atoms. The van der Waals surface area contributed by atoms with Gasteiger partial charge in [0.05, 0.1) is 23.1 Å². The van der Waals surface area contributed by atoms with Crippen molar-refractivity contribution in [3.05, 3.63) is 54.1 Å². The van der Waals surface area contributed by atoms with Gasteiger partial charge in [-0.25, -0.2) is 0 Å². The van der Waals surface area contributed by atoms with Crippen LogP contribution in [-0.2, 0) is 4.79 Å². The number of benzene rings is 2. The normalized spacial score (nSPS) is 15.4. The molecular formula is C23H25N5O2S. The maximum atomic E-state index is 11.9. The Hall–Kier alpha value is -3.13. The summed E-state index contributed by atoms with van der Waals surface area (Å²) in [4.78, 5) is 11.9. The third-order valence-corrected chi connectivity index (χ3v) is 5.93. The molecule has 1 aromatic heterocycles. The van der Waals surface area contributed by atoms with Crippen molar-refractivity contribution in [3.8, 4) is 17.1 Å². The van der Waals surface area contributed by atoms with E-state index in [0.717, 1.165) is 33.4 Å². The van der Waals surface area contributed by atoms with E-state index in [1.54, 1.807) is 16.4 Å². The van der Waals surface area contributed by atoms with E-state index in [-0.39, 0.29) is 17.1 Å². The van der Waals surface area contributed by atoms with Crippen LogP contribution in [-0.4, -0.2) is 38.3 Å². The highest BCUT2D eigenvalue weighted by atomic mass is 32.2. The number of anilines is 1. The highest BCUT2D eigenvalue weighted by Crippen LogP contribution is 2.35. The number of fused-ring (bicyclic) bond motifs is 1. The molecule has 0 saturated carbocycles. The van der Waals surface area contributed by atoms with E-state index in [4.69, 9.17) is 9.84 Å². The highest BCUT2D eigenvalue weighted by molar-refractivity contribution is 8.00. The van der Waals surface area contributed by atoms with Gasteiger partial charge in [-0.1, -0.05) is 49.9 Å². The smallest absolute Gasteiger partial charge is 0.226 e. The van der Waals surface area contributed by atoms with Crippen molar-refractivity contribution in [1.29, 1.82) is 0 Å². The van der Waals surface area contributed by atoms with E-state index in [0.29, 0.717) is 12.4 Å². The van der Waals surface area contributed by atoms with Gasteiger partial charge in [-0.15, -0.1) is 10.2 Å². The minimum atomic E-state index is -0.0658. The molecular weight excluding hydrogens is 410 g/mol. The summed E-state index contributed by atoms with van der Waals surface area (Å²) in [6, 6.07) is 15.6. The second-order valence-electron chi connectivity index (χ2n) is 7.51. The second kappa shape index (κ2) is 8.93. The maximum Gasteiger partial charge on any atom is 0.226 e. The van der Waals surface area contributed by atoms with E-state index < -0.39 is 0 Å². The molecule has 2 heterocycles. The SMILES string of the molecule is CCOc1ccccc1-c1nnc2n1N=C(c1ccc(NC(=O)C(C)C)cc1)[C@H](C)S2. The molecule has 160 valence electrons. The van der Waals surface area contributed by atoms with E-state index >= 15 is 0 Å². The summed E-state index contributed by atoms with van der Waals surface area (Å²) in [6.07, 6.45) is 0. The molecule has 4 rings (SSSR count). The number of carbonyl (C=O) groups excluding carboxylic acids is 1. The zero-order valence-electron chi connectivity index (χ0n) is 18.0. The minimum Gasteiger partial charge on any atom is -0.493 e. The lowest BCUT2D eigenvalue weighted by molar-refractivity contribution is -0.118. The third-order valence-electron chi connectivity index (χ3n) is 4.89. The molecule has 1 atom stereocenters. The van der Waals surface area contributed by atoms with Crippen LogP contribution in [0.2, 0.25) is 0 Å². The number of hydrogen-bond acceptors (Lipinski definition) is 6. The lowest BCUT2D eigenvalue weighted by Gasteiger charge is -2.20. The number of nitrogens with zero attached hydrogens (tertiary/aromatic N) is 4. The van der Waals surface area contributed by atoms with Crippen molar-refractivity contribution in [2.24, 2.45) is 11.0 Å². The summed E-state index contributed by atoms with van der Waals surface area (Å²) in [5.41, 5.74) is 3.55. The first-order valence-corrected chi connectivity index (χ1v) is 11.2. The Balaban J connectivity index is 1.68. The Labute approximate surface area is 185 Å². The molecule has 0 saturated heterocycles. The Kier molecular flexibility index (Phi) is 6.08. The summed E-state index contributed by atoms with van der Waals surface area (Å²) < 4.78 is 7.56. The molecule has 0 radical (unpaired) electrons. The van der Waals surface area contributed by atoms with Crippen molar-refractivity contribution >= 4 is 29.1 Å². The summed E-state index contributed by atoms with van der Waals surface area (Å²) in [5.74, 6) is 1.34. The molecule has 1 aliphatic heterocycles. The summed E-state index contributed by atoms with van der Waals surface area (Å²) >= 11 is 1.62. The number of hydrogen-bond donors (Lipinski definition) is 1. The van der Waals surface area contributed by atoms with Crippen LogP contribution in [0.3, 0.4) is 0 Å². The molecule has 7 nitrogen and oxygen atoms in total. The predicted molar refractivity (Wildman–Crippen MR) is 124 cm³/mol. The standard InChI is InChI=1S/C23H25N5O2S/c1-5-30-19-9-7-6-8-18(19)21-25-26-23-28(21)27-20(15(4)31-23)16-10-12-17(13-11-16)24-22(29)14(2)3/h6-15H,5H2,1-4H3,(H,24,29)/t15-/m0/s1. The first-order valence-electron chi connectivity index (χ1n) is 10.3. The van der Waals surface area contributed by atoms with Gasteiger partial charge in [0.15, 0.2) is 5.82 Å².